The second-order valence-electron chi connectivity index (χ2n) is 9.23. The van der Waals surface area contributed by atoms with Crippen molar-refractivity contribution >= 4 is 11.6 Å². The minimum Gasteiger partial charge on any atom is -0.490 e. The smallest absolute Gasteiger partial charge is 0.164 e. The van der Waals surface area contributed by atoms with Gasteiger partial charge in [-0.1, -0.05) is 19.1 Å². The van der Waals surface area contributed by atoms with Crippen molar-refractivity contribution in [3.63, 3.8) is 0 Å². The number of hydrogen-bond acceptors (Lipinski definition) is 5. The van der Waals surface area contributed by atoms with Crippen LogP contribution in [-0.4, -0.2) is 36.2 Å². The molecule has 5 nitrogen and oxygen atoms in total. The molecule has 4 rings (SSSR count). The number of benzene rings is 1. The van der Waals surface area contributed by atoms with Crippen molar-refractivity contribution in [1.82, 2.24) is 4.90 Å². The zero-order chi connectivity index (χ0) is 24.2. The minimum absolute atomic E-state index is 0.171. The molecule has 0 spiro atoms. The van der Waals surface area contributed by atoms with Gasteiger partial charge in [0.1, 0.15) is 0 Å². The average molecular weight is 464 g/mol. The van der Waals surface area contributed by atoms with Crippen molar-refractivity contribution in [3.8, 4) is 11.5 Å². The highest BCUT2D eigenvalue weighted by atomic mass is 16.5. The molecular weight excluding hydrogens is 426 g/mol. The van der Waals surface area contributed by atoms with E-state index in [0.29, 0.717) is 38.2 Å². The van der Waals surface area contributed by atoms with E-state index in [9.17, 15) is 9.59 Å². The van der Waals surface area contributed by atoms with Crippen LogP contribution in [0.2, 0.25) is 0 Å². The van der Waals surface area contributed by atoms with E-state index in [-0.39, 0.29) is 17.5 Å². The largest absolute Gasteiger partial charge is 0.490 e. The lowest BCUT2D eigenvalue weighted by Crippen LogP contribution is -2.39. The van der Waals surface area contributed by atoms with Crippen molar-refractivity contribution in [2.45, 2.75) is 78.1 Å². The maximum Gasteiger partial charge on any atom is 0.164 e. The summed E-state index contributed by atoms with van der Waals surface area (Å²) in [6.45, 7) is 12.0. The first kappa shape index (κ1) is 24.3. The number of ether oxygens (including phenoxy) is 2. The maximum atomic E-state index is 13.4. The molecule has 0 N–H and O–H groups in total. The number of rotatable bonds is 9. The molecule has 1 aromatic rings. The number of Topliss-reactive ketones (excluding diaryl/α,β-unsaturated/α-hetero) is 2. The van der Waals surface area contributed by atoms with Crippen LogP contribution in [0, 0.1) is 0 Å². The fourth-order valence-electron chi connectivity index (χ4n) is 5.72. The molecule has 0 amide bonds. The van der Waals surface area contributed by atoms with Gasteiger partial charge in [-0.15, -0.1) is 6.58 Å². The molecule has 2 aliphatic carbocycles. The third kappa shape index (κ3) is 4.33. The Morgan fingerprint density at radius 3 is 2.15 bits per heavy atom. The van der Waals surface area contributed by atoms with Gasteiger partial charge in [0.05, 0.1) is 13.2 Å². The summed E-state index contributed by atoms with van der Waals surface area (Å²) in [7, 11) is 0. The summed E-state index contributed by atoms with van der Waals surface area (Å²) in [6.07, 6.45) is 7.96. The van der Waals surface area contributed by atoms with Crippen molar-refractivity contribution in [2.24, 2.45) is 0 Å². The maximum absolute atomic E-state index is 13.4. The van der Waals surface area contributed by atoms with Gasteiger partial charge in [-0.25, -0.2) is 0 Å². The standard InChI is InChI=1S/C29H37NO4/c1-5-11-19-17-20(18-25(33-8-4)29(19)34-16-6-2)26-27-21(12-9-14-23(27)31)30(7-3)22-13-10-15-24(32)28(22)26/h5,17-18,26H,1,6-16H2,2-4H3. The molecule has 0 bridgehead atoms. The summed E-state index contributed by atoms with van der Waals surface area (Å²) in [6, 6.07) is 4.12. The zero-order valence-electron chi connectivity index (χ0n) is 20.9. The first-order valence-corrected chi connectivity index (χ1v) is 12.9. The molecule has 34 heavy (non-hydrogen) atoms. The van der Waals surface area contributed by atoms with Crippen LogP contribution in [0.3, 0.4) is 0 Å². The van der Waals surface area contributed by atoms with E-state index >= 15 is 0 Å². The van der Waals surface area contributed by atoms with Gasteiger partial charge < -0.3 is 14.4 Å². The molecule has 0 fully saturated rings. The Kier molecular flexibility index (Phi) is 7.60. The number of allylic oxidation sites excluding steroid dienone is 5. The highest BCUT2D eigenvalue weighted by Crippen LogP contribution is 2.50. The first-order chi connectivity index (χ1) is 16.5. The van der Waals surface area contributed by atoms with Crippen molar-refractivity contribution in [1.29, 1.82) is 0 Å². The van der Waals surface area contributed by atoms with Crippen LogP contribution in [0.4, 0.5) is 0 Å². The number of ketones is 2. The Bertz CT molecular complexity index is 1000. The minimum atomic E-state index is -0.337. The topological polar surface area (TPSA) is 55.8 Å². The summed E-state index contributed by atoms with van der Waals surface area (Å²) < 4.78 is 12.2. The quantitative estimate of drug-likeness (QED) is 0.418. The molecule has 1 heterocycles. The number of carbonyl (C=O) groups is 2. The van der Waals surface area contributed by atoms with E-state index in [1.54, 1.807) is 0 Å². The molecule has 0 radical (unpaired) electrons. The van der Waals surface area contributed by atoms with E-state index in [1.165, 1.54) is 0 Å². The van der Waals surface area contributed by atoms with Gasteiger partial charge in [0.2, 0.25) is 0 Å². The Morgan fingerprint density at radius 1 is 0.971 bits per heavy atom. The Labute approximate surface area is 203 Å². The van der Waals surface area contributed by atoms with Gasteiger partial charge in [-0.2, -0.15) is 0 Å². The van der Waals surface area contributed by atoms with Gasteiger partial charge in [0.25, 0.3) is 0 Å². The lowest BCUT2D eigenvalue weighted by Gasteiger charge is -2.43. The van der Waals surface area contributed by atoms with Crippen LogP contribution in [0.5, 0.6) is 11.5 Å². The van der Waals surface area contributed by atoms with Crippen LogP contribution < -0.4 is 9.47 Å². The van der Waals surface area contributed by atoms with Gasteiger partial charge in [-0.05, 0) is 64.0 Å². The van der Waals surface area contributed by atoms with Crippen molar-refractivity contribution < 1.29 is 19.1 Å². The molecule has 0 saturated carbocycles. The van der Waals surface area contributed by atoms with Gasteiger partial charge in [0.15, 0.2) is 23.1 Å². The lowest BCUT2D eigenvalue weighted by molar-refractivity contribution is -0.117. The van der Waals surface area contributed by atoms with Gasteiger partial charge in [0, 0.05) is 53.4 Å². The Morgan fingerprint density at radius 2 is 1.62 bits per heavy atom. The first-order valence-electron chi connectivity index (χ1n) is 12.9. The van der Waals surface area contributed by atoms with Crippen LogP contribution in [-0.2, 0) is 16.0 Å². The molecule has 1 aliphatic heterocycles. The van der Waals surface area contributed by atoms with Crippen molar-refractivity contribution in [2.75, 3.05) is 19.8 Å². The number of nitrogens with zero attached hydrogens (tertiary/aromatic N) is 1. The van der Waals surface area contributed by atoms with E-state index in [0.717, 1.165) is 78.1 Å². The summed E-state index contributed by atoms with van der Waals surface area (Å²) in [5.41, 5.74) is 5.80. The van der Waals surface area contributed by atoms with Gasteiger partial charge >= 0.3 is 0 Å². The fourth-order valence-corrected chi connectivity index (χ4v) is 5.72. The zero-order valence-corrected chi connectivity index (χ0v) is 20.9. The summed E-state index contributed by atoms with van der Waals surface area (Å²) in [5.74, 6) is 1.43. The van der Waals surface area contributed by atoms with E-state index < -0.39 is 0 Å². The second kappa shape index (κ2) is 10.6. The predicted molar refractivity (Wildman–Crippen MR) is 134 cm³/mol. The molecular formula is C29H37NO4. The highest BCUT2D eigenvalue weighted by molar-refractivity contribution is 6.06. The fraction of sp³-hybridized carbons (Fsp3) is 0.517. The molecule has 3 aliphatic rings. The molecule has 182 valence electrons. The third-order valence-electron chi connectivity index (χ3n) is 7.00. The Hall–Kier alpha value is -2.82. The van der Waals surface area contributed by atoms with Gasteiger partial charge in [-0.3, -0.25) is 9.59 Å². The molecule has 1 aromatic carbocycles. The molecule has 0 atom stereocenters. The molecule has 0 saturated heterocycles. The monoisotopic (exact) mass is 463 g/mol. The second-order valence-corrected chi connectivity index (χ2v) is 9.23. The normalized spacial score (nSPS) is 18.7. The van der Waals surface area contributed by atoms with E-state index in [1.807, 2.05) is 19.1 Å². The third-order valence-corrected chi connectivity index (χ3v) is 7.00. The number of carbonyl (C=O) groups excluding carboxylic acids is 2. The summed E-state index contributed by atoms with van der Waals surface area (Å²) in [4.78, 5) is 29.1. The lowest BCUT2D eigenvalue weighted by atomic mass is 9.70. The van der Waals surface area contributed by atoms with Crippen LogP contribution in [0.15, 0.2) is 47.3 Å². The molecule has 0 unspecified atom stereocenters. The number of hydrogen-bond donors (Lipinski definition) is 0. The van der Waals surface area contributed by atoms with Crippen LogP contribution >= 0.6 is 0 Å². The summed E-state index contributed by atoms with van der Waals surface area (Å²) in [5, 5.41) is 0. The highest BCUT2D eigenvalue weighted by Gasteiger charge is 2.43. The van der Waals surface area contributed by atoms with Crippen molar-refractivity contribution in [3.05, 3.63) is 58.5 Å². The average Bonchev–Trinajstić information content (AvgIpc) is 2.83. The molecule has 5 heteroatoms. The predicted octanol–water partition coefficient (Wildman–Crippen LogP) is 6.04. The van der Waals surface area contributed by atoms with E-state index in [2.05, 4.69) is 31.4 Å². The Balaban J connectivity index is 1.96. The SMILES string of the molecule is C=CCc1cc(C2C3=C(CCCC3=O)N(CC)C3=C2C(=O)CCC3)cc(OCC)c1OCCC. The van der Waals surface area contributed by atoms with Crippen LogP contribution in [0.25, 0.3) is 0 Å². The molecule has 0 aromatic heterocycles. The van der Waals surface area contributed by atoms with E-state index in [4.69, 9.17) is 9.47 Å². The summed E-state index contributed by atoms with van der Waals surface area (Å²) >= 11 is 0. The van der Waals surface area contributed by atoms with Crippen LogP contribution in [0.1, 0.15) is 82.8 Å².